The Morgan fingerprint density at radius 2 is 1.90 bits per heavy atom. The largest absolute Gasteiger partial charge is 0.489 e. The van der Waals surface area contributed by atoms with Gasteiger partial charge in [-0.2, -0.15) is 0 Å². The minimum atomic E-state index is -0.555. The van der Waals surface area contributed by atoms with Crippen molar-refractivity contribution in [2.24, 2.45) is 11.6 Å². The van der Waals surface area contributed by atoms with E-state index in [0.717, 1.165) is 24.2 Å². The van der Waals surface area contributed by atoms with Gasteiger partial charge in [0.25, 0.3) is 0 Å². The molecular formula is C23H31N5O3. The van der Waals surface area contributed by atoms with E-state index < -0.39 is 6.09 Å². The summed E-state index contributed by atoms with van der Waals surface area (Å²) >= 11 is 0. The Labute approximate surface area is 183 Å². The molecule has 31 heavy (non-hydrogen) atoms. The molecule has 3 rings (SSSR count). The molecule has 8 nitrogen and oxygen atoms in total. The van der Waals surface area contributed by atoms with Crippen molar-refractivity contribution in [3.63, 3.8) is 0 Å². The first-order valence-corrected chi connectivity index (χ1v) is 10.6. The van der Waals surface area contributed by atoms with Crippen LogP contribution in [0, 0.1) is 0 Å². The van der Waals surface area contributed by atoms with Crippen LogP contribution in [0.5, 0.6) is 5.75 Å². The van der Waals surface area contributed by atoms with Crippen LogP contribution in [0.1, 0.15) is 43.4 Å². The van der Waals surface area contributed by atoms with Crippen molar-refractivity contribution in [3.05, 3.63) is 65.6 Å². The second kappa shape index (κ2) is 11.2. The number of likely N-dealkylation sites (N-methyl/N-ethyl adjacent to an activating group) is 1. The number of hydrogen-bond acceptors (Lipinski definition) is 7. The number of alkyl carbamates (subject to hydrolysis) is 1. The van der Waals surface area contributed by atoms with E-state index in [4.69, 9.17) is 21.1 Å². The topological polar surface area (TPSA) is 116 Å². The molecule has 1 aliphatic rings. The fourth-order valence-corrected chi connectivity index (χ4v) is 3.47. The number of nitrogens with zero attached hydrogens (tertiary/aromatic N) is 2. The van der Waals surface area contributed by atoms with Crippen molar-refractivity contribution >= 4 is 11.8 Å². The first-order chi connectivity index (χ1) is 15.0. The average Bonchev–Trinajstić information content (AvgIpc) is 2.79. The van der Waals surface area contributed by atoms with Crippen LogP contribution in [0.4, 0.5) is 4.79 Å². The van der Waals surface area contributed by atoms with Gasteiger partial charge in [-0.15, -0.1) is 0 Å². The Kier molecular flexibility index (Phi) is 8.12. The van der Waals surface area contributed by atoms with Crippen LogP contribution < -0.4 is 21.6 Å². The molecule has 2 aromatic rings. The maximum absolute atomic E-state index is 12.0. The van der Waals surface area contributed by atoms with Gasteiger partial charge in [0.2, 0.25) is 0 Å². The predicted molar refractivity (Wildman–Crippen MR) is 119 cm³/mol. The number of amides is 1. The molecule has 8 heteroatoms. The molecule has 0 unspecified atom stereocenters. The predicted octanol–water partition coefficient (Wildman–Crippen LogP) is 3.15. The lowest BCUT2D eigenvalue weighted by atomic mass is 9.98. The van der Waals surface area contributed by atoms with Crippen molar-refractivity contribution < 1.29 is 14.3 Å². The van der Waals surface area contributed by atoms with E-state index in [2.05, 4.69) is 10.3 Å². The summed E-state index contributed by atoms with van der Waals surface area (Å²) in [5, 5.41) is 4.04. The Balaban J connectivity index is 1.57. The molecule has 1 saturated carbocycles. The number of rotatable bonds is 8. The second-order valence-electron chi connectivity index (χ2n) is 7.64. The number of nitrogens with two attached hydrogens (primary N) is 2. The van der Waals surface area contributed by atoms with Gasteiger partial charge in [0.05, 0.1) is 35.9 Å². The van der Waals surface area contributed by atoms with Gasteiger partial charge >= 0.3 is 6.09 Å². The summed E-state index contributed by atoms with van der Waals surface area (Å²) < 4.78 is 11.2. The highest BCUT2D eigenvalue weighted by Crippen LogP contribution is 2.23. The molecule has 0 atom stereocenters. The third kappa shape index (κ3) is 6.89. The van der Waals surface area contributed by atoms with Crippen LogP contribution in [0.25, 0.3) is 5.70 Å². The molecule has 1 heterocycles. The molecular weight excluding hydrogens is 394 g/mol. The molecule has 1 amide bonds. The van der Waals surface area contributed by atoms with E-state index in [0.29, 0.717) is 17.1 Å². The van der Waals surface area contributed by atoms with Crippen molar-refractivity contribution in [3.8, 4) is 5.75 Å². The van der Waals surface area contributed by atoms with Gasteiger partial charge in [-0.3, -0.25) is 4.98 Å². The van der Waals surface area contributed by atoms with Gasteiger partial charge in [-0.1, -0.05) is 36.8 Å². The summed E-state index contributed by atoms with van der Waals surface area (Å²) in [4.78, 5) is 16.5. The first kappa shape index (κ1) is 22.4. The first-order valence-electron chi connectivity index (χ1n) is 10.6. The van der Waals surface area contributed by atoms with Crippen molar-refractivity contribution in [2.75, 3.05) is 13.6 Å². The van der Waals surface area contributed by atoms with Crippen LogP contribution in [0.3, 0.4) is 0 Å². The number of carbonyl (C=O) groups is 1. The van der Waals surface area contributed by atoms with E-state index in [-0.39, 0.29) is 19.3 Å². The van der Waals surface area contributed by atoms with E-state index in [9.17, 15) is 4.79 Å². The number of pyridine rings is 1. The molecule has 166 valence electrons. The highest BCUT2D eigenvalue weighted by atomic mass is 16.5. The smallest absolute Gasteiger partial charge is 0.407 e. The summed E-state index contributed by atoms with van der Waals surface area (Å²) in [5.41, 5.74) is 8.64. The lowest BCUT2D eigenvalue weighted by molar-refractivity contribution is 0.140. The third-order valence-electron chi connectivity index (χ3n) is 5.22. The van der Waals surface area contributed by atoms with E-state index in [1.807, 2.05) is 36.4 Å². The Hall–Kier alpha value is -3.26. The molecule has 1 aromatic heterocycles. The van der Waals surface area contributed by atoms with E-state index in [1.54, 1.807) is 19.3 Å². The summed E-state index contributed by atoms with van der Waals surface area (Å²) in [7, 11) is 1.65. The van der Waals surface area contributed by atoms with Crippen LogP contribution in [-0.2, 0) is 11.3 Å². The maximum atomic E-state index is 12.0. The number of ether oxygens (including phenoxy) is 2. The quantitative estimate of drug-likeness (QED) is 0.439. The van der Waals surface area contributed by atoms with Gasteiger partial charge in [-0.05, 0) is 43.4 Å². The van der Waals surface area contributed by atoms with Crippen LogP contribution in [0.15, 0.2) is 54.4 Å². The average molecular weight is 426 g/mol. The fraction of sp³-hybridized carbons (Fsp3) is 0.391. The van der Waals surface area contributed by atoms with Gasteiger partial charge < -0.3 is 25.5 Å². The van der Waals surface area contributed by atoms with Crippen LogP contribution in [-0.4, -0.2) is 35.8 Å². The molecule has 5 N–H and O–H groups in total. The summed E-state index contributed by atoms with van der Waals surface area (Å²) in [6.45, 7) is 0.290. The molecule has 1 fully saturated rings. The molecule has 0 spiro atoms. The lowest BCUT2D eigenvalue weighted by Gasteiger charge is -2.23. The molecule has 1 aromatic carbocycles. The lowest BCUT2D eigenvalue weighted by Crippen LogP contribution is -2.36. The zero-order valence-corrected chi connectivity index (χ0v) is 17.9. The SMILES string of the molecule is CN(N)/C(CNC(=O)OCc1ccccc1)=C(\N)c1ccc(OC2CCCCC2)cn1. The number of carbonyl (C=O) groups excluding carboxylic acids is 1. The molecule has 0 radical (unpaired) electrons. The van der Waals surface area contributed by atoms with Gasteiger partial charge in [0, 0.05) is 7.05 Å². The highest BCUT2D eigenvalue weighted by molar-refractivity contribution is 5.69. The normalized spacial score (nSPS) is 15.0. The minimum absolute atomic E-state index is 0.106. The van der Waals surface area contributed by atoms with E-state index >= 15 is 0 Å². The summed E-state index contributed by atoms with van der Waals surface area (Å²) in [6.07, 6.45) is 7.23. The molecule has 1 aliphatic carbocycles. The van der Waals surface area contributed by atoms with Crippen molar-refractivity contribution in [2.45, 2.75) is 44.8 Å². The standard InChI is InChI=1S/C23H31N5O3/c1-28(25)21(15-27-23(29)30-16-17-8-4-2-5-9-17)22(24)20-13-12-19(14-26-20)31-18-10-6-3-7-11-18/h2,4-5,8-9,12-14,18H,3,6-7,10-11,15-16,24-25H2,1H3,(H,27,29)/b22-21-. The van der Waals surface area contributed by atoms with Gasteiger partial charge in [0.15, 0.2) is 0 Å². The van der Waals surface area contributed by atoms with Crippen LogP contribution in [0.2, 0.25) is 0 Å². The Bertz CT molecular complexity index is 863. The monoisotopic (exact) mass is 425 g/mol. The van der Waals surface area contributed by atoms with Crippen molar-refractivity contribution in [1.82, 2.24) is 15.3 Å². The number of hydrazine groups is 1. The van der Waals surface area contributed by atoms with Crippen molar-refractivity contribution in [1.29, 1.82) is 0 Å². The fourth-order valence-electron chi connectivity index (χ4n) is 3.47. The maximum Gasteiger partial charge on any atom is 0.407 e. The molecule has 0 bridgehead atoms. The van der Waals surface area contributed by atoms with Crippen LogP contribution >= 0.6 is 0 Å². The Morgan fingerprint density at radius 3 is 2.55 bits per heavy atom. The molecule has 0 aliphatic heterocycles. The number of hydrogen-bond donors (Lipinski definition) is 3. The number of aromatic nitrogens is 1. The van der Waals surface area contributed by atoms with Gasteiger partial charge in [0.1, 0.15) is 12.4 Å². The molecule has 0 saturated heterocycles. The summed E-state index contributed by atoms with van der Waals surface area (Å²) in [6, 6.07) is 13.1. The van der Waals surface area contributed by atoms with Gasteiger partial charge in [-0.25, -0.2) is 10.6 Å². The Morgan fingerprint density at radius 1 is 1.16 bits per heavy atom. The third-order valence-corrected chi connectivity index (χ3v) is 5.22. The zero-order chi connectivity index (χ0) is 22.1. The number of nitrogens with one attached hydrogen (secondary N) is 1. The summed E-state index contributed by atoms with van der Waals surface area (Å²) in [5.74, 6) is 6.66. The highest BCUT2D eigenvalue weighted by Gasteiger charge is 2.16. The number of benzene rings is 1. The zero-order valence-electron chi connectivity index (χ0n) is 17.9. The minimum Gasteiger partial charge on any atom is -0.489 e. The van der Waals surface area contributed by atoms with E-state index in [1.165, 1.54) is 24.3 Å². The second-order valence-corrected chi connectivity index (χ2v) is 7.64.